The number of nitrogens with one attached hydrogen (secondary N) is 1. The third-order valence-electron chi connectivity index (χ3n) is 6.24. The van der Waals surface area contributed by atoms with E-state index in [1.54, 1.807) is 17.0 Å². The summed E-state index contributed by atoms with van der Waals surface area (Å²) in [5.74, 6) is -0.245. The van der Waals surface area contributed by atoms with Gasteiger partial charge in [0, 0.05) is 48.0 Å². The molecule has 0 atom stereocenters. The summed E-state index contributed by atoms with van der Waals surface area (Å²) in [4.78, 5) is 30.1. The van der Waals surface area contributed by atoms with Crippen LogP contribution in [0.4, 0.5) is 15.8 Å². The lowest BCUT2D eigenvalue weighted by Gasteiger charge is -2.36. The van der Waals surface area contributed by atoms with Crippen LogP contribution in [0.5, 0.6) is 0 Å². The van der Waals surface area contributed by atoms with Crippen molar-refractivity contribution in [3.63, 3.8) is 0 Å². The number of anilines is 2. The molecule has 188 valence electrons. The summed E-state index contributed by atoms with van der Waals surface area (Å²) in [5, 5.41) is 2.96. The van der Waals surface area contributed by atoms with Gasteiger partial charge in [-0.2, -0.15) is 0 Å². The first-order valence-corrected chi connectivity index (χ1v) is 13.1. The van der Waals surface area contributed by atoms with Crippen LogP contribution in [0.1, 0.15) is 36.7 Å². The van der Waals surface area contributed by atoms with Crippen molar-refractivity contribution in [1.82, 2.24) is 4.90 Å². The van der Waals surface area contributed by atoms with Crippen molar-refractivity contribution < 1.29 is 14.0 Å². The maximum atomic E-state index is 13.5. The topological polar surface area (TPSA) is 52.7 Å². The fraction of sp³-hybridized carbons (Fsp3) is 0.310. The first-order valence-electron chi connectivity index (χ1n) is 12.1. The highest BCUT2D eigenvalue weighted by Crippen LogP contribution is 2.26. The van der Waals surface area contributed by atoms with Crippen molar-refractivity contribution in [3.05, 3.63) is 89.7 Å². The van der Waals surface area contributed by atoms with Gasteiger partial charge in [0.25, 0.3) is 5.91 Å². The van der Waals surface area contributed by atoms with Gasteiger partial charge in [0.05, 0.1) is 5.75 Å². The van der Waals surface area contributed by atoms with Crippen LogP contribution in [0.2, 0.25) is 0 Å². The van der Waals surface area contributed by atoms with Crippen LogP contribution in [0.25, 0.3) is 0 Å². The van der Waals surface area contributed by atoms with E-state index in [-0.39, 0.29) is 17.2 Å². The summed E-state index contributed by atoms with van der Waals surface area (Å²) in [7, 11) is 0. The molecule has 1 N–H and O–H groups in total. The Morgan fingerprint density at radius 2 is 1.58 bits per heavy atom. The highest BCUT2D eigenvalue weighted by Gasteiger charge is 2.22. The molecule has 0 aliphatic carbocycles. The first-order chi connectivity index (χ1) is 17.2. The van der Waals surface area contributed by atoms with Gasteiger partial charge in [0.1, 0.15) is 5.82 Å². The Morgan fingerprint density at radius 1 is 0.917 bits per heavy atom. The summed E-state index contributed by atoms with van der Waals surface area (Å²) in [5.41, 5.74) is 3.56. The molecule has 0 aromatic heterocycles. The summed E-state index contributed by atoms with van der Waals surface area (Å²) in [6, 6.07) is 22.0. The zero-order valence-corrected chi connectivity index (χ0v) is 21.8. The van der Waals surface area contributed by atoms with Crippen molar-refractivity contribution in [2.24, 2.45) is 0 Å². The zero-order chi connectivity index (χ0) is 25.7. The molecule has 2 amide bonds. The van der Waals surface area contributed by atoms with Crippen LogP contribution in [-0.2, 0) is 10.2 Å². The lowest BCUT2D eigenvalue weighted by molar-refractivity contribution is -0.113. The van der Waals surface area contributed by atoms with E-state index in [0.29, 0.717) is 37.5 Å². The van der Waals surface area contributed by atoms with E-state index in [1.807, 2.05) is 24.3 Å². The van der Waals surface area contributed by atoms with Gasteiger partial charge in [0.2, 0.25) is 5.91 Å². The second-order valence-electron chi connectivity index (χ2n) is 9.95. The molecule has 1 heterocycles. The number of carbonyl (C=O) groups excluding carboxylic acids is 2. The number of piperazine rings is 1. The minimum Gasteiger partial charge on any atom is -0.368 e. The fourth-order valence-electron chi connectivity index (χ4n) is 4.12. The molecule has 3 aromatic rings. The Bertz CT molecular complexity index is 1200. The molecule has 1 fully saturated rings. The number of halogens is 1. The first kappa shape index (κ1) is 25.8. The van der Waals surface area contributed by atoms with Crippen molar-refractivity contribution in [1.29, 1.82) is 0 Å². The van der Waals surface area contributed by atoms with Crippen LogP contribution in [0, 0.1) is 5.82 Å². The Hall–Kier alpha value is -3.32. The second-order valence-corrected chi connectivity index (χ2v) is 11.0. The number of benzene rings is 3. The Balaban J connectivity index is 1.24. The quantitative estimate of drug-likeness (QED) is 0.429. The van der Waals surface area contributed by atoms with Gasteiger partial charge in [-0.15, -0.1) is 11.8 Å². The molecule has 3 aromatic carbocycles. The van der Waals surface area contributed by atoms with Crippen molar-refractivity contribution in [2.45, 2.75) is 31.1 Å². The Morgan fingerprint density at radius 3 is 2.19 bits per heavy atom. The molecule has 0 radical (unpaired) electrons. The van der Waals surface area contributed by atoms with Gasteiger partial charge in [-0.3, -0.25) is 9.59 Å². The summed E-state index contributed by atoms with van der Waals surface area (Å²) < 4.78 is 13.5. The number of rotatable bonds is 6. The van der Waals surface area contributed by atoms with E-state index in [0.717, 1.165) is 16.3 Å². The SMILES string of the molecule is CC(C)(C)c1ccc(SCC(=O)Nc2ccc(N3CCN(C(=O)c4cccc(F)c4)CC3)cc2)cc1. The monoisotopic (exact) mass is 505 g/mol. The molecule has 5 nitrogen and oxygen atoms in total. The van der Waals surface area contributed by atoms with E-state index in [2.05, 4.69) is 55.3 Å². The second kappa shape index (κ2) is 11.2. The molecule has 1 aliphatic rings. The standard InChI is InChI=1S/C29H32FN3O2S/c1-29(2,3)22-7-13-26(14-8-22)36-20-27(34)31-24-9-11-25(12-10-24)32-15-17-33(18-16-32)28(35)21-5-4-6-23(30)19-21/h4-14,19H,15-18,20H2,1-3H3,(H,31,34). The minimum atomic E-state index is -0.403. The molecule has 4 rings (SSSR count). The van der Waals surface area contributed by atoms with E-state index < -0.39 is 5.82 Å². The predicted molar refractivity (Wildman–Crippen MR) is 145 cm³/mol. The summed E-state index contributed by atoms with van der Waals surface area (Å²) in [6.45, 7) is 9.08. The molecule has 0 bridgehead atoms. The van der Waals surface area contributed by atoms with E-state index in [1.165, 1.54) is 29.5 Å². The third-order valence-corrected chi connectivity index (χ3v) is 7.26. The van der Waals surface area contributed by atoms with Crippen molar-refractivity contribution in [2.75, 3.05) is 42.1 Å². The lowest BCUT2D eigenvalue weighted by atomic mass is 9.87. The van der Waals surface area contributed by atoms with Gasteiger partial charge in [0.15, 0.2) is 0 Å². The molecule has 1 saturated heterocycles. The lowest BCUT2D eigenvalue weighted by Crippen LogP contribution is -2.48. The smallest absolute Gasteiger partial charge is 0.254 e. The molecule has 0 unspecified atom stereocenters. The molecule has 0 spiro atoms. The molecule has 7 heteroatoms. The average molecular weight is 506 g/mol. The van der Waals surface area contributed by atoms with Crippen LogP contribution in [-0.4, -0.2) is 48.6 Å². The third kappa shape index (κ3) is 6.66. The van der Waals surface area contributed by atoms with E-state index in [9.17, 15) is 14.0 Å². The van der Waals surface area contributed by atoms with Crippen molar-refractivity contribution in [3.8, 4) is 0 Å². The number of carbonyl (C=O) groups is 2. The van der Waals surface area contributed by atoms with Crippen LogP contribution < -0.4 is 10.2 Å². The minimum absolute atomic E-state index is 0.0443. The average Bonchev–Trinajstić information content (AvgIpc) is 2.87. The summed E-state index contributed by atoms with van der Waals surface area (Å²) >= 11 is 1.52. The highest BCUT2D eigenvalue weighted by molar-refractivity contribution is 8.00. The molecule has 0 saturated carbocycles. The maximum Gasteiger partial charge on any atom is 0.254 e. The number of hydrogen-bond donors (Lipinski definition) is 1. The number of nitrogens with zero attached hydrogens (tertiary/aromatic N) is 2. The molecular weight excluding hydrogens is 473 g/mol. The summed E-state index contributed by atoms with van der Waals surface area (Å²) in [6.07, 6.45) is 0. The van der Waals surface area contributed by atoms with Crippen LogP contribution >= 0.6 is 11.8 Å². The van der Waals surface area contributed by atoms with Gasteiger partial charge in [-0.05, 0) is 65.6 Å². The van der Waals surface area contributed by atoms with Gasteiger partial charge < -0.3 is 15.1 Å². The fourth-order valence-corrected chi connectivity index (χ4v) is 4.82. The van der Waals surface area contributed by atoms with E-state index in [4.69, 9.17) is 0 Å². The van der Waals surface area contributed by atoms with Gasteiger partial charge in [-0.25, -0.2) is 4.39 Å². The number of amides is 2. The number of thioether (sulfide) groups is 1. The molecule has 1 aliphatic heterocycles. The molecule has 36 heavy (non-hydrogen) atoms. The van der Waals surface area contributed by atoms with Gasteiger partial charge in [-0.1, -0.05) is 39.0 Å². The van der Waals surface area contributed by atoms with Crippen LogP contribution in [0.3, 0.4) is 0 Å². The highest BCUT2D eigenvalue weighted by atomic mass is 32.2. The molecular formula is C29H32FN3O2S. The largest absolute Gasteiger partial charge is 0.368 e. The predicted octanol–water partition coefficient (Wildman–Crippen LogP) is 5.82. The Labute approximate surface area is 216 Å². The van der Waals surface area contributed by atoms with Crippen LogP contribution in [0.15, 0.2) is 77.7 Å². The van der Waals surface area contributed by atoms with Gasteiger partial charge >= 0.3 is 0 Å². The maximum absolute atomic E-state index is 13.5. The van der Waals surface area contributed by atoms with E-state index >= 15 is 0 Å². The van der Waals surface area contributed by atoms with Crippen molar-refractivity contribution >= 4 is 35.0 Å². The number of hydrogen-bond acceptors (Lipinski definition) is 4. The normalized spacial score (nSPS) is 14.0. The Kier molecular flexibility index (Phi) is 7.99. The zero-order valence-electron chi connectivity index (χ0n) is 21.0.